The molecule has 2 aliphatic rings. The van der Waals surface area contributed by atoms with Crippen molar-refractivity contribution in [1.82, 2.24) is 4.57 Å². The van der Waals surface area contributed by atoms with Gasteiger partial charge in [-0.25, -0.2) is 4.79 Å². The molecular formula is C14H15NO5. The molecule has 0 amide bonds. The van der Waals surface area contributed by atoms with Crippen LogP contribution in [0.5, 0.6) is 0 Å². The maximum absolute atomic E-state index is 12.5. The minimum Gasteiger partial charge on any atom is -0.480 e. The smallest absolute Gasteiger partial charge is 0.326 e. The van der Waals surface area contributed by atoms with Gasteiger partial charge in [0.1, 0.15) is 12.6 Å². The van der Waals surface area contributed by atoms with Gasteiger partial charge in [-0.15, -0.1) is 0 Å². The molecule has 1 N–H and O–H groups in total. The molecule has 3 rings (SSSR count). The van der Waals surface area contributed by atoms with E-state index in [9.17, 15) is 19.5 Å². The highest BCUT2D eigenvalue weighted by molar-refractivity contribution is 5.80. The SMILES string of the molecule is CCC1C(=O)OCc2c1cc1n(c2=O)C(C(=O)O)CC1. The summed E-state index contributed by atoms with van der Waals surface area (Å²) in [4.78, 5) is 35.5. The normalized spacial score (nSPS) is 23.9. The second kappa shape index (κ2) is 4.47. The summed E-state index contributed by atoms with van der Waals surface area (Å²) >= 11 is 0. The van der Waals surface area contributed by atoms with E-state index in [1.807, 2.05) is 13.0 Å². The Morgan fingerprint density at radius 3 is 2.90 bits per heavy atom. The van der Waals surface area contributed by atoms with E-state index in [1.165, 1.54) is 4.57 Å². The lowest BCUT2D eigenvalue weighted by Crippen LogP contribution is -2.35. The minimum atomic E-state index is -0.995. The molecule has 6 nitrogen and oxygen atoms in total. The van der Waals surface area contributed by atoms with Crippen LogP contribution in [0.4, 0.5) is 0 Å². The molecule has 0 saturated carbocycles. The second-order valence-corrected chi connectivity index (χ2v) is 5.21. The van der Waals surface area contributed by atoms with Crippen molar-refractivity contribution in [2.75, 3.05) is 0 Å². The number of hydrogen-bond acceptors (Lipinski definition) is 4. The third kappa shape index (κ3) is 1.67. The fraction of sp³-hybridized carbons (Fsp3) is 0.500. The molecule has 0 bridgehead atoms. The number of aliphatic carboxylic acids is 1. The van der Waals surface area contributed by atoms with Crippen molar-refractivity contribution >= 4 is 11.9 Å². The number of rotatable bonds is 2. The van der Waals surface area contributed by atoms with Crippen LogP contribution >= 0.6 is 0 Å². The third-order valence-corrected chi connectivity index (χ3v) is 4.15. The van der Waals surface area contributed by atoms with Crippen molar-refractivity contribution < 1.29 is 19.4 Å². The average Bonchev–Trinajstić information content (AvgIpc) is 2.83. The first-order valence-electron chi connectivity index (χ1n) is 6.71. The summed E-state index contributed by atoms with van der Waals surface area (Å²) in [5.74, 6) is -1.72. The van der Waals surface area contributed by atoms with Crippen molar-refractivity contribution in [2.24, 2.45) is 0 Å². The topological polar surface area (TPSA) is 85.6 Å². The quantitative estimate of drug-likeness (QED) is 0.814. The van der Waals surface area contributed by atoms with Gasteiger partial charge >= 0.3 is 11.9 Å². The highest BCUT2D eigenvalue weighted by atomic mass is 16.5. The molecule has 2 unspecified atom stereocenters. The molecule has 106 valence electrons. The molecule has 0 aliphatic carbocycles. The van der Waals surface area contributed by atoms with Crippen LogP contribution < -0.4 is 5.56 Å². The lowest BCUT2D eigenvalue weighted by Gasteiger charge is -2.24. The Morgan fingerprint density at radius 2 is 2.25 bits per heavy atom. The third-order valence-electron chi connectivity index (χ3n) is 4.15. The number of carboxylic acid groups (broad SMARTS) is 1. The van der Waals surface area contributed by atoms with Crippen molar-refractivity contribution in [3.05, 3.63) is 33.2 Å². The van der Waals surface area contributed by atoms with E-state index in [1.54, 1.807) is 0 Å². The number of carbonyl (C=O) groups excluding carboxylic acids is 1. The van der Waals surface area contributed by atoms with Gasteiger partial charge in [0.2, 0.25) is 0 Å². The number of aryl methyl sites for hydroxylation is 1. The number of carboxylic acids is 1. The van der Waals surface area contributed by atoms with E-state index < -0.39 is 17.9 Å². The fourth-order valence-corrected chi connectivity index (χ4v) is 3.13. The predicted octanol–water partition coefficient (Wildman–Crippen LogP) is 0.971. The maximum Gasteiger partial charge on any atom is 0.326 e. The van der Waals surface area contributed by atoms with Crippen LogP contribution in [-0.4, -0.2) is 21.6 Å². The molecule has 1 aromatic heterocycles. The van der Waals surface area contributed by atoms with Crippen LogP contribution in [0.1, 0.15) is 48.5 Å². The predicted molar refractivity (Wildman–Crippen MR) is 68.5 cm³/mol. The Balaban J connectivity index is 2.20. The molecule has 3 heterocycles. The van der Waals surface area contributed by atoms with Crippen LogP contribution in [0.2, 0.25) is 0 Å². The zero-order valence-electron chi connectivity index (χ0n) is 11.1. The van der Waals surface area contributed by atoms with Crippen LogP contribution in [-0.2, 0) is 27.4 Å². The molecule has 0 fully saturated rings. The van der Waals surface area contributed by atoms with Crippen molar-refractivity contribution in [3.8, 4) is 0 Å². The summed E-state index contributed by atoms with van der Waals surface area (Å²) in [6.45, 7) is 1.81. The lowest BCUT2D eigenvalue weighted by atomic mass is 9.90. The molecule has 2 atom stereocenters. The van der Waals surface area contributed by atoms with E-state index in [4.69, 9.17) is 4.74 Å². The van der Waals surface area contributed by atoms with Crippen molar-refractivity contribution in [2.45, 2.75) is 44.8 Å². The summed E-state index contributed by atoms with van der Waals surface area (Å²) < 4.78 is 6.38. The van der Waals surface area contributed by atoms with E-state index in [2.05, 4.69) is 0 Å². The Kier molecular flexibility index (Phi) is 2.88. The Labute approximate surface area is 115 Å². The first-order chi connectivity index (χ1) is 9.54. The van der Waals surface area contributed by atoms with Gasteiger partial charge in [-0.2, -0.15) is 0 Å². The van der Waals surface area contributed by atoms with Gasteiger partial charge in [0, 0.05) is 5.69 Å². The monoisotopic (exact) mass is 277 g/mol. The summed E-state index contributed by atoms with van der Waals surface area (Å²) in [6, 6.07) is 1.01. The number of ether oxygens (including phenoxy) is 1. The molecule has 0 radical (unpaired) electrons. The van der Waals surface area contributed by atoms with Crippen molar-refractivity contribution in [1.29, 1.82) is 0 Å². The zero-order chi connectivity index (χ0) is 14.4. The molecule has 20 heavy (non-hydrogen) atoms. The molecule has 6 heteroatoms. The summed E-state index contributed by atoms with van der Waals surface area (Å²) in [5.41, 5.74) is 1.52. The molecule has 0 spiro atoms. The van der Waals surface area contributed by atoms with Crippen LogP contribution in [0.15, 0.2) is 10.9 Å². The van der Waals surface area contributed by atoms with Gasteiger partial charge in [-0.05, 0) is 30.9 Å². The van der Waals surface area contributed by atoms with E-state index in [-0.39, 0.29) is 18.1 Å². The van der Waals surface area contributed by atoms with Gasteiger partial charge in [-0.1, -0.05) is 6.92 Å². The second-order valence-electron chi connectivity index (χ2n) is 5.21. The Morgan fingerprint density at radius 1 is 1.50 bits per heavy atom. The van der Waals surface area contributed by atoms with Gasteiger partial charge < -0.3 is 9.84 Å². The number of pyridine rings is 1. The minimum absolute atomic E-state index is 0.0594. The van der Waals surface area contributed by atoms with Gasteiger partial charge in [0.15, 0.2) is 0 Å². The lowest BCUT2D eigenvalue weighted by molar-refractivity contribution is -0.148. The highest BCUT2D eigenvalue weighted by Gasteiger charge is 2.36. The molecule has 0 aromatic carbocycles. The van der Waals surface area contributed by atoms with Crippen LogP contribution in [0.25, 0.3) is 0 Å². The molecule has 0 saturated heterocycles. The number of hydrogen-bond donors (Lipinski definition) is 1. The number of fused-ring (bicyclic) bond motifs is 2. The van der Waals surface area contributed by atoms with E-state index in [0.29, 0.717) is 36.1 Å². The standard InChI is InChI=1S/C14H15NO5/c1-2-8-9-5-7-3-4-11(13(17)18)15(7)12(16)10(9)6-20-14(8)19/h5,8,11H,2-4,6H2,1H3,(H,17,18). The molecule has 2 aliphatic heterocycles. The van der Waals surface area contributed by atoms with Crippen LogP contribution in [0, 0.1) is 0 Å². The molecule has 1 aromatic rings. The van der Waals surface area contributed by atoms with Gasteiger partial charge in [0.25, 0.3) is 5.56 Å². The van der Waals surface area contributed by atoms with Crippen LogP contribution in [0.3, 0.4) is 0 Å². The summed E-state index contributed by atoms with van der Waals surface area (Å²) in [6.07, 6.45) is 1.53. The van der Waals surface area contributed by atoms with Crippen molar-refractivity contribution in [3.63, 3.8) is 0 Å². The van der Waals surface area contributed by atoms with E-state index >= 15 is 0 Å². The zero-order valence-corrected chi connectivity index (χ0v) is 11.1. The van der Waals surface area contributed by atoms with Gasteiger partial charge in [-0.3, -0.25) is 14.2 Å². The summed E-state index contributed by atoms with van der Waals surface area (Å²) in [5, 5.41) is 9.18. The molecular weight excluding hydrogens is 262 g/mol. The number of aromatic nitrogens is 1. The average molecular weight is 277 g/mol. The first kappa shape index (κ1) is 12.9. The number of nitrogens with zero attached hydrogens (tertiary/aromatic N) is 1. The fourth-order valence-electron chi connectivity index (χ4n) is 3.13. The summed E-state index contributed by atoms with van der Waals surface area (Å²) in [7, 11) is 0. The van der Waals surface area contributed by atoms with Gasteiger partial charge in [0.05, 0.1) is 11.5 Å². The number of esters is 1. The highest BCUT2D eigenvalue weighted by Crippen LogP contribution is 2.32. The number of carbonyl (C=O) groups is 2. The Bertz CT molecular complexity index is 660. The Hall–Kier alpha value is -2.11. The first-order valence-corrected chi connectivity index (χ1v) is 6.71. The number of cyclic esters (lactones) is 1. The maximum atomic E-state index is 12.5. The van der Waals surface area contributed by atoms with E-state index in [0.717, 1.165) is 0 Å². The largest absolute Gasteiger partial charge is 0.480 e.